The van der Waals surface area contributed by atoms with E-state index in [1.165, 1.54) is 5.39 Å². The topological polar surface area (TPSA) is 50.7 Å². The van der Waals surface area contributed by atoms with Crippen LogP contribution in [0.5, 0.6) is 23.0 Å². The maximum atomic E-state index is 6.26. The van der Waals surface area contributed by atoms with Gasteiger partial charge in [0.25, 0.3) is 0 Å². The van der Waals surface area contributed by atoms with Crippen LogP contribution in [0, 0.1) is 0 Å². The molecule has 0 N–H and O–H groups in total. The first kappa shape index (κ1) is 30.7. The summed E-state index contributed by atoms with van der Waals surface area (Å²) < 4.78 is 12.5. The van der Waals surface area contributed by atoms with Crippen molar-refractivity contribution in [2.45, 2.75) is 0 Å². The summed E-state index contributed by atoms with van der Waals surface area (Å²) in [5, 5.41) is 2.35. The minimum Gasteiger partial charge on any atom is -0.453 e. The summed E-state index contributed by atoms with van der Waals surface area (Å²) >= 11 is 0. The molecule has 6 nitrogen and oxygen atoms in total. The van der Waals surface area contributed by atoms with Gasteiger partial charge in [-0.05, 0) is 125 Å². The Balaban J connectivity index is 0.948. The molecule has 12 rings (SSSR count). The predicted molar refractivity (Wildman–Crippen MR) is 224 cm³/mol. The van der Waals surface area contributed by atoms with Crippen molar-refractivity contribution in [3.8, 4) is 67.8 Å². The standard InChI is InChI=1S/C50H30N4O2/c1-5-13-44-40(9-1)53(41-10-2-6-14-45(41)55-44)36-21-17-31(18-22-36)33-27-35-28-34(30-39-48(35)38(29-33)49-50(39)52-26-25-51-49)32-19-23-37(24-20-32)54-42-11-3-7-15-46(42)56-47-16-8-4-12-43(47)54/h1-30H. The highest BCUT2D eigenvalue weighted by Crippen LogP contribution is 2.53. The van der Waals surface area contributed by atoms with E-state index in [0.29, 0.717) is 0 Å². The maximum absolute atomic E-state index is 6.26. The zero-order valence-corrected chi connectivity index (χ0v) is 29.9. The molecule has 56 heavy (non-hydrogen) atoms. The van der Waals surface area contributed by atoms with Crippen LogP contribution in [0.4, 0.5) is 34.1 Å². The lowest BCUT2D eigenvalue weighted by Crippen LogP contribution is -2.15. The minimum absolute atomic E-state index is 0.839. The van der Waals surface area contributed by atoms with E-state index in [1.807, 2.05) is 48.5 Å². The van der Waals surface area contributed by atoms with E-state index in [0.717, 1.165) is 107 Å². The van der Waals surface area contributed by atoms with Gasteiger partial charge in [0.05, 0.1) is 34.1 Å². The van der Waals surface area contributed by atoms with Crippen molar-refractivity contribution in [3.63, 3.8) is 0 Å². The first-order valence-corrected chi connectivity index (χ1v) is 18.7. The first-order chi connectivity index (χ1) is 27.7. The molecule has 262 valence electrons. The van der Waals surface area contributed by atoms with Gasteiger partial charge in [-0.1, -0.05) is 72.8 Å². The Kier molecular flexibility index (Phi) is 6.53. The van der Waals surface area contributed by atoms with Crippen LogP contribution in [0.3, 0.4) is 0 Å². The van der Waals surface area contributed by atoms with Gasteiger partial charge in [-0.15, -0.1) is 0 Å². The van der Waals surface area contributed by atoms with E-state index in [4.69, 9.17) is 19.4 Å². The summed E-state index contributed by atoms with van der Waals surface area (Å²) in [7, 11) is 0. The average Bonchev–Trinajstić information content (AvgIpc) is 3.58. The summed E-state index contributed by atoms with van der Waals surface area (Å²) in [5.41, 5.74) is 14.8. The second kappa shape index (κ2) is 11.9. The molecule has 2 aliphatic heterocycles. The van der Waals surface area contributed by atoms with Gasteiger partial charge >= 0.3 is 0 Å². The summed E-state index contributed by atoms with van der Waals surface area (Å²) in [6.07, 6.45) is 3.58. The number of rotatable bonds is 4. The smallest absolute Gasteiger partial charge is 0.151 e. The second-order valence-corrected chi connectivity index (χ2v) is 14.2. The molecule has 0 unspecified atom stereocenters. The first-order valence-electron chi connectivity index (χ1n) is 18.7. The summed E-state index contributed by atoms with van der Waals surface area (Å²) in [6.45, 7) is 0. The molecular formula is C50H30N4O2. The number of fused-ring (bicyclic) bond motifs is 7. The fourth-order valence-corrected chi connectivity index (χ4v) is 8.53. The van der Waals surface area contributed by atoms with Crippen LogP contribution in [0.15, 0.2) is 182 Å². The van der Waals surface area contributed by atoms with Crippen molar-refractivity contribution in [1.82, 2.24) is 9.97 Å². The lowest BCUT2D eigenvalue weighted by molar-refractivity contribution is 0.477. The third kappa shape index (κ3) is 4.63. The lowest BCUT2D eigenvalue weighted by Gasteiger charge is -2.32. The Bertz CT molecular complexity index is 2760. The van der Waals surface area contributed by atoms with Crippen LogP contribution in [-0.2, 0) is 0 Å². The molecule has 8 aromatic carbocycles. The number of ether oxygens (including phenoxy) is 2. The van der Waals surface area contributed by atoms with Crippen molar-refractivity contribution < 1.29 is 9.47 Å². The molecule has 1 aliphatic carbocycles. The van der Waals surface area contributed by atoms with Gasteiger partial charge in [0, 0.05) is 40.3 Å². The van der Waals surface area contributed by atoms with E-state index in [-0.39, 0.29) is 0 Å². The summed E-state index contributed by atoms with van der Waals surface area (Å²) in [4.78, 5) is 14.3. The van der Waals surface area contributed by atoms with Crippen molar-refractivity contribution in [2.75, 3.05) is 9.80 Å². The molecular weight excluding hydrogens is 689 g/mol. The van der Waals surface area contributed by atoms with E-state index >= 15 is 0 Å². The predicted octanol–water partition coefficient (Wildman–Crippen LogP) is 13.8. The normalized spacial score (nSPS) is 12.9. The largest absolute Gasteiger partial charge is 0.453 e. The van der Waals surface area contributed by atoms with E-state index in [9.17, 15) is 0 Å². The van der Waals surface area contributed by atoms with Crippen LogP contribution in [-0.4, -0.2) is 9.97 Å². The van der Waals surface area contributed by atoms with Crippen LogP contribution in [0.25, 0.3) is 55.5 Å². The van der Waals surface area contributed by atoms with E-state index in [2.05, 4.69) is 131 Å². The molecule has 0 saturated carbocycles. The highest BCUT2D eigenvalue weighted by Gasteiger charge is 2.28. The number of anilines is 6. The third-order valence-corrected chi connectivity index (χ3v) is 11.0. The number of aromatic nitrogens is 2. The summed E-state index contributed by atoms with van der Waals surface area (Å²) in [6, 6.07) is 59.5. The van der Waals surface area contributed by atoms with Gasteiger partial charge in [-0.25, -0.2) is 0 Å². The highest BCUT2D eigenvalue weighted by molar-refractivity contribution is 6.16. The van der Waals surface area contributed by atoms with Crippen molar-refractivity contribution in [2.24, 2.45) is 0 Å². The Morgan fingerprint density at radius 3 is 1.09 bits per heavy atom. The monoisotopic (exact) mass is 718 g/mol. The number of benzene rings is 8. The number of hydrogen-bond acceptors (Lipinski definition) is 6. The molecule has 3 heterocycles. The molecule has 0 fully saturated rings. The average molecular weight is 719 g/mol. The fraction of sp³-hybridized carbons (Fsp3) is 0. The van der Waals surface area contributed by atoms with Crippen LogP contribution in [0.1, 0.15) is 0 Å². The van der Waals surface area contributed by atoms with Crippen LogP contribution < -0.4 is 19.3 Å². The number of hydrogen-bond donors (Lipinski definition) is 0. The van der Waals surface area contributed by atoms with Gasteiger partial charge in [0.1, 0.15) is 0 Å². The second-order valence-electron chi connectivity index (χ2n) is 14.2. The van der Waals surface area contributed by atoms with Gasteiger partial charge in [-0.3, -0.25) is 9.97 Å². The SMILES string of the molecule is c1ccc2c(c1)Oc1ccccc1N2c1ccc(-c2cc3c4c(cc(-c5ccc(N6c7ccccc7Oc7ccccc76)cc5)cc4c2)-c2nccnc2-3)cc1. The highest BCUT2D eigenvalue weighted by atomic mass is 16.5. The Hall–Kier alpha value is -7.70. The molecule has 3 aliphatic rings. The third-order valence-electron chi connectivity index (χ3n) is 11.0. The minimum atomic E-state index is 0.839. The Morgan fingerprint density at radius 2 is 0.714 bits per heavy atom. The zero-order chi connectivity index (χ0) is 36.7. The Labute approximate surface area is 323 Å². The van der Waals surface area contributed by atoms with Crippen LogP contribution in [0.2, 0.25) is 0 Å². The maximum Gasteiger partial charge on any atom is 0.151 e. The number of nitrogens with zero attached hydrogens (tertiary/aromatic N) is 4. The van der Waals surface area contributed by atoms with Crippen LogP contribution >= 0.6 is 0 Å². The Morgan fingerprint density at radius 1 is 0.357 bits per heavy atom. The lowest BCUT2D eigenvalue weighted by atomic mass is 9.93. The van der Waals surface area contributed by atoms with Crippen molar-refractivity contribution in [1.29, 1.82) is 0 Å². The van der Waals surface area contributed by atoms with Gasteiger partial charge in [0.15, 0.2) is 23.0 Å². The van der Waals surface area contributed by atoms with E-state index in [1.54, 1.807) is 12.4 Å². The molecule has 0 bridgehead atoms. The van der Waals surface area contributed by atoms with Gasteiger partial charge < -0.3 is 19.3 Å². The molecule has 0 saturated heterocycles. The van der Waals surface area contributed by atoms with Gasteiger partial charge in [-0.2, -0.15) is 0 Å². The molecule has 1 aromatic heterocycles. The summed E-state index contributed by atoms with van der Waals surface area (Å²) in [5.74, 6) is 3.35. The number of para-hydroxylation sites is 8. The quantitative estimate of drug-likeness (QED) is 0.181. The van der Waals surface area contributed by atoms with Crippen molar-refractivity contribution >= 4 is 44.9 Å². The fourth-order valence-electron chi connectivity index (χ4n) is 8.53. The molecule has 6 heteroatoms. The van der Waals surface area contributed by atoms with E-state index < -0.39 is 0 Å². The molecule has 0 spiro atoms. The molecule has 9 aromatic rings. The molecule has 0 amide bonds. The van der Waals surface area contributed by atoms with Gasteiger partial charge in [0.2, 0.25) is 0 Å². The zero-order valence-electron chi connectivity index (χ0n) is 29.9. The molecule has 0 radical (unpaired) electrons. The van der Waals surface area contributed by atoms with Crippen molar-refractivity contribution in [3.05, 3.63) is 182 Å². The molecule has 0 atom stereocenters.